The van der Waals surface area contributed by atoms with Gasteiger partial charge in [0.15, 0.2) is 0 Å². The Labute approximate surface area is 377 Å². The molecule has 0 atom stereocenters. The van der Waals surface area contributed by atoms with E-state index in [4.69, 9.17) is 0 Å². The highest BCUT2D eigenvalue weighted by Gasteiger charge is 2.25. The van der Waals surface area contributed by atoms with Crippen LogP contribution in [-0.4, -0.2) is 0 Å². The average molecular weight is 832 g/mol. The average Bonchev–Trinajstić information content (AvgIpc) is 3.75. The standard InChI is InChI=1S/C62H41NS/c1-6-20-42(21-7-1)59-54-36-34-46(40-55(54)60(43-22-8-2-9-23-43)62(45-26-12-4-13-27-45)61(59)44-24-10-3-11-25-44)49-38-39-56(51-31-17-16-30-50(49)51)63(47-28-14-5-15-29-47)48-35-37-53-52-32-18-19-33-57(52)64-58(53)41-48/h1-41H. The van der Waals surface area contributed by atoms with Crippen molar-refractivity contribution >= 4 is 70.1 Å². The molecule has 0 N–H and O–H groups in total. The van der Waals surface area contributed by atoms with Gasteiger partial charge < -0.3 is 4.90 Å². The molecule has 12 rings (SSSR count). The Hall–Kier alpha value is -8.04. The van der Waals surface area contributed by atoms with Gasteiger partial charge >= 0.3 is 0 Å². The molecule has 0 amide bonds. The predicted octanol–water partition coefficient (Wildman–Crippen LogP) is 18.2. The van der Waals surface area contributed by atoms with Crippen LogP contribution in [0.3, 0.4) is 0 Å². The Morgan fingerprint density at radius 1 is 0.250 bits per heavy atom. The van der Waals surface area contributed by atoms with Crippen LogP contribution in [0.1, 0.15) is 0 Å². The van der Waals surface area contributed by atoms with Crippen LogP contribution in [0.25, 0.3) is 97.4 Å². The van der Waals surface area contributed by atoms with Gasteiger partial charge in [0.2, 0.25) is 0 Å². The number of anilines is 3. The minimum atomic E-state index is 1.12. The van der Waals surface area contributed by atoms with Crippen molar-refractivity contribution in [2.75, 3.05) is 4.90 Å². The van der Waals surface area contributed by atoms with Crippen LogP contribution in [0.2, 0.25) is 0 Å². The fourth-order valence-corrected chi connectivity index (χ4v) is 11.0. The highest BCUT2D eigenvalue weighted by atomic mass is 32.1. The predicted molar refractivity (Wildman–Crippen MR) is 276 cm³/mol. The first-order valence-electron chi connectivity index (χ1n) is 21.9. The molecule has 0 aliphatic carbocycles. The molecule has 64 heavy (non-hydrogen) atoms. The topological polar surface area (TPSA) is 3.24 Å². The van der Waals surface area contributed by atoms with Crippen molar-refractivity contribution in [1.82, 2.24) is 0 Å². The Kier molecular flexibility index (Phi) is 9.43. The highest BCUT2D eigenvalue weighted by Crippen LogP contribution is 2.52. The summed E-state index contributed by atoms with van der Waals surface area (Å²) < 4.78 is 2.59. The van der Waals surface area contributed by atoms with E-state index in [9.17, 15) is 0 Å². The monoisotopic (exact) mass is 831 g/mol. The molecule has 11 aromatic carbocycles. The third-order valence-corrected chi connectivity index (χ3v) is 13.8. The van der Waals surface area contributed by atoms with E-state index in [1.165, 1.54) is 97.4 Å². The molecule has 1 nitrogen and oxygen atoms in total. The minimum absolute atomic E-state index is 1.12. The Bertz CT molecular complexity index is 3630. The molecule has 0 aliphatic rings. The molecule has 2 heteroatoms. The zero-order chi connectivity index (χ0) is 42.4. The van der Waals surface area contributed by atoms with Gasteiger partial charge in [0, 0.05) is 36.9 Å². The normalized spacial score (nSPS) is 11.4. The van der Waals surface area contributed by atoms with Gasteiger partial charge in [-0.05, 0) is 114 Å². The lowest BCUT2D eigenvalue weighted by atomic mass is 9.78. The molecular formula is C62H41NS. The molecular weight excluding hydrogens is 791 g/mol. The first-order valence-corrected chi connectivity index (χ1v) is 22.7. The number of hydrogen-bond acceptors (Lipinski definition) is 2. The van der Waals surface area contributed by atoms with Crippen LogP contribution in [0, 0.1) is 0 Å². The van der Waals surface area contributed by atoms with Gasteiger partial charge in [0.05, 0.1) is 5.69 Å². The minimum Gasteiger partial charge on any atom is -0.310 e. The van der Waals surface area contributed by atoms with Crippen LogP contribution < -0.4 is 4.90 Å². The number of rotatable bonds is 8. The fourth-order valence-electron chi connectivity index (χ4n) is 9.84. The quantitative estimate of drug-likeness (QED) is 0.147. The summed E-state index contributed by atoms with van der Waals surface area (Å²) in [5, 5.41) is 7.45. The number of para-hydroxylation sites is 1. The molecule has 1 heterocycles. The summed E-state index contributed by atoms with van der Waals surface area (Å²) in [5.74, 6) is 0. The first-order chi connectivity index (χ1) is 31.8. The summed E-state index contributed by atoms with van der Waals surface area (Å²) >= 11 is 1.86. The lowest BCUT2D eigenvalue weighted by Crippen LogP contribution is -2.10. The first kappa shape index (κ1) is 37.7. The van der Waals surface area contributed by atoms with E-state index in [0.29, 0.717) is 0 Å². The molecule has 0 aliphatic heterocycles. The van der Waals surface area contributed by atoms with Gasteiger partial charge in [0.25, 0.3) is 0 Å². The summed E-state index contributed by atoms with van der Waals surface area (Å²) in [6.07, 6.45) is 0. The number of fused-ring (bicyclic) bond motifs is 5. The molecule has 0 spiro atoms. The maximum atomic E-state index is 2.46. The molecule has 1 aromatic heterocycles. The zero-order valence-electron chi connectivity index (χ0n) is 35.0. The molecule has 12 aromatic rings. The number of hydrogen-bond donors (Lipinski definition) is 0. The number of thiophene rings is 1. The van der Waals surface area contributed by atoms with Gasteiger partial charge in [-0.25, -0.2) is 0 Å². The fraction of sp³-hybridized carbons (Fsp3) is 0. The van der Waals surface area contributed by atoms with Crippen LogP contribution in [0.15, 0.2) is 249 Å². The summed E-state index contributed by atoms with van der Waals surface area (Å²) in [6, 6.07) is 91.0. The lowest BCUT2D eigenvalue weighted by Gasteiger charge is -2.28. The molecule has 300 valence electrons. The number of benzene rings is 11. The van der Waals surface area contributed by atoms with E-state index < -0.39 is 0 Å². The van der Waals surface area contributed by atoms with E-state index in [1.54, 1.807) is 0 Å². The third-order valence-electron chi connectivity index (χ3n) is 12.6. The highest BCUT2D eigenvalue weighted by molar-refractivity contribution is 7.25. The Morgan fingerprint density at radius 3 is 1.33 bits per heavy atom. The second-order valence-electron chi connectivity index (χ2n) is 16.4. The van der Waals surface area contributed by atoms with Crippen molar-refractivity contribution in [3.8, 4) is 55.6 Å². The van der Waals surface area contributed by atoms with Crippen molar-refractivity contribution in [3.63, 3.8) is 0 Å². The molecule has 0 radical (unpaired) electrons. The van der Waals surface area contributed by atoms with Gasteiger partial charge in [-0.3, -0.25) is 0 Å². The maximum Gasteiger partial charge on any atom is 0.0540 e. The van der Waals surface area contributed by atoms with Crippen molar-refractivity contribution in [2.45, 2.75) is 0 Å². The van der Waals surface area contributed by atoms with Crippen LogP contribution in [0.4, 0.5) is 17.1 Å². The molecule has 0 unspecified atom stereocenters. The van der Waals surface area contributed by atoms with Gasteiger partial charge in [0.1, 0.15) is 0 Å². The van der Waals surface area contributed by atoms with Crippen LogP contribution in [0.5, 0.6) is 0 Å². The van der Waals surface area contributed by atoms with E-state index in [0.717, 1.165) is 17.1 Å². The van der Waals surface area contributed by atoms with Crippen LogP contribution in [-0.2, 0) is 0 Å². The molecule has 0 saturated heterocycles. The SMILES string of the molecule is c1ccc(-c2c(-c3ccccc3)c(-c3ccccc3)c3cc(-c4ccc(N(c5ccccc5)c5ccc6c(c5)sc5ccccc56)c5ccccc45)ccc3c2-c2ccccc2)cc1. The van der Waals surface area contributed by atoms with E-state index in [1.807, 2.05) is 11.3 Å². The van der Waals surface area contributed by atoms with Gasteiger partial charge in [-0.15, -0.1) is 11.3 Å². The largest absolute Gasteiger partial charge is 0.310 e. The molecule has 0 bridgehead atoms. The van der Waals surface area contributed by atoms with Crippen LogP contribution >= 0.6 is 11.3 Å². The van der Waals surface area contributed by atoms with E-state index in [-0.39, 0.29) is 0 Å². The van der Waals surface area contributed by atoms with Gasteiger partial charge in [-0.1, -0.05) is 206 Å². The van der Waals surface area contributed by atoms with Crippen molar-refractivity contribution in [3.05, 3.63) is 249 Å². The van der Waals surface area contributed by atoms with Crippen molar-refractivity contribution in [1.29, 1.82) is 0 Å². The summed E-state index contributed by atoms with van der Waals surface area (Å²) in [7, 11) is 0. The Morgan fingerprint density at radius 2 is 0.719 bits per heavy atom. The second-order valence-corrected chi connectivity index (χ2v) is 17.4. The summed E-state index contributed by atoms with van der Waals surface area (Å²) in [5.41, 5.74) is 15.5. The van der Waals surface area contributed by atoms with Crippen molar-refractivity contribution in [2.24, 2.45) is 0 Å². The zero-order valence-corrected chi connectivity index (χ0v) is 35.8. The summed E-state index contributed by atoms with van der Waals surface area (Å²) in [6.45, 7) is 0. The van der Waals surface area contributed by atoms with E-state index in [2.05, 4.69) is 254 Å². The summed E-state index contributed by atoms with van der Waals surface area (Å²) in [4.78, 5) is 2.42. The third kappa shape index (κ3) is 6.47. The molecule has 0 saturated carbocycles. The smallest absolute Gasteiger partial charge is 0.0540 e. The Balaban J connectivity index is 1.12. The van der Waals surface area contributed by atoms with Gasteiger partial charge in [-0.2, -0.15) is 0 Å². The van der Waals surface area contributed by atoms with E-state index >= 15 is 0 Å². The molecule has 0 fully saturated rings. The number of nitrogens with zero attached hydrogens (tertiary/aromatic N) is 1. The second kappa shape index (κ2) is 16.0. The maximum absolute atomic E-state index is 2.46. The van der Waals surface area contributed by atoms with Crippen molar-refractivity contribution < 1.29 is 0 Å². The lowest BCUT2D eigenvalue weighted by molar-refractivity contribution is 1.30.